The molecule has 0 aliphatic rings. The Morgan fingerprint density at radius 2 is 0.658 bits per heavy atom. The molecule has 0 amide bonds. The molecule has 228 valence electrons. The quantitative estimate of drug-likeness (QED) is 0.0643. The lowest BCUT2D eigenvalue weighted by Crippen LogP contribution is -2.28. The summed E-state index contributed by atoms with van der Waals surface area (Å²) in [5.74, 6) is 0. The Kier molecular flexibility index (Phi) is 48.8. The van der Waals surface area contributed by atoms with Crippen LogP contribution in [0.2, 0.25) is 0 Å². The van der Waals surface area contributed by atoms with E-state index in [1.165, 1.54) is 103 Å². The summed E-state index contributed by atoms with van der Waals surface area (Å²) in [4.78, 5) is 0. The molecule has 0 bridgehead atoms. The van der Waals surface area contributed by atoms with Crippen LogP contribution in [-0.4, -0.2) is 25.2 Å². The van der Waals surface area contributed by atoms with Gasteiger partial charge in [-0.2, -0.15) is 0 Å². The summed E-state index contributed by atoms with van der Waals surface area (Å²) in [6.45, 7) is 22.0. The van der Waals surface area contributed by atoms with Crippen molar-refractivity contribution in [3.05, 3.63) is 50.6 Å². The Hall–Kier alpha value is -0.160. The third-order valence-corrected chi connectivity index (χ3v) is 6.73. The number of halogens is 2. The Balaban J connectivity index is -0.000000289. The predicted molar refractivity (Wildman–Crippen MR) is 189 cm³/mol. The van der Waals surface area contributed by atoms with E-state index in [-0.39, 0.29) is 34.0 Å². The Bertz CT molecular complexity index is 405. The van der Waals surface area contributed by atoms with Crippen LogP contribution in [0.5, 0.6) is 0 Å². The average Bonchev–Trinajstić information content (AvgIpc) is 2.87. The highest BCUT2D eigenvalue weighted by atomic mass is 79.9. The van der Waals surface area contributed by atoms with Gasteiger partial charge in [-0.1, -0.05) is 128 Å². The fourth-order valence-corrected chi connectivity index (χ4v) is 4.46. The van der Waals surface area contributed by atoms with Crippen molar-refractivity contribution in [2.45, 2.75) is 154 Å². The van der Waals surface area contributed by atoms with E-state index in [1.807, 2.05) is 24.3 Å². The molecule has 0 aromatic carbocycles. The first-order chi connectivity index (χ1) is 17.7. The lowest BCUT2D eigenvalue weighted by Gasteiger charge is -2.15. The minimum atomic E-state index is 0. The summed E-state index contributed by atoms with van der Waals surface area (Å²) < 4.78 is 0. The maximum Gasteiger partial charge on any atom is 0.0136 e. The second-order valence-electron chi connectivity index (χ2n) is 10.3. The molecule has 0 saturated carbocycles. The maximum absolute atomic E-state index is 3.80. The molecule has 0 saturated heterocycles. The van der Waals surface area contributed by atoms with Crippen molar-refractivity contribution in [2.24, 2.45) is 0 Å². The van der Waals surface area contributed by atoms with Crippen molar-refractivity contribution in [2.75, 3.05) is 13.1 Å². The summed E-state index contributed by atoms with van der Waals surface area (Å²) in [7, 11) is 0. The number of hydrogen-bond acceptors (Lipinski definition) is 2. The molecular formula is C34H68Br2N2. The monoisotopic (exact) mass is 662 g/mol. The molecule has 0 heterocycles. The van der Waals surface area contributed by atoms with Gasteiger partial charge >= 0.3 is 0 Å². The summed E-state index contributed by atoms with van der Waals surface area (Å²) in [6.07, 6.45) is 34.4. The molecule has 0 aromatic heterocycles. The van der Waals surface area contributed by atoms with Gasteiger partial charge < -0.3 is 10.6 Å². The van der Waals surface area contributed by atoms with Gasteiger partial charge in [0.05, 0.1) is 0 Å². The van der Waals surface area contributed by atoms with E-state index in [9.17, 15) is 0 Å². The first-order valence-corrected chi connectivity index (χ1v) is 15.6. The van der Waals surface area contributed by atoms with E-state index < -0.39 is 0 Å². The molecular weight excluding hydrogens is 596 g/mol. The van der Waals surface area contributed by atoms with Gasteiger partial charge in [0.15, 0.2) is 0 Å². The maximum atomic E-state index is 3.80. The highest BCUT2D eigenvalue weighted by Gasteiger charge is 2.03. The first-order valence-electron chi connectivity index (χ1n) is 15.6. The summed E-state index contributed by atoms with van der Waals surface area (Å²) in [6, 6.07) is 1.09. The van der Waals surface area contributed by atoms with Crippen molar-refractivity contribution in [3.8, 4) is 0 Å². The molecule has 0 aliphatic carbocycles. The van der Waals surface area contributed by atoms with Crippen LogP contribution >= 0.6 is 34.0 Å². The largest absolute Gasteiger partial charge is 0.313 e. The van der Waals surface area contributed by atoms with Gasteiger partial charge in [-0.3, -0.25) is 0 Å². The summed E-state index contributed by atoms with van der Waals surface area (Å²) >= 11 is 0. The lowest BCUT2D eigenvalue weighted by molar-refractivity contribution is 0.492. The number of rotatable bonds is 28. The normalized spacial score (nSPS) is 10.2. The van der Waals surface area contributed by atoms with Crippen LogP contribution in [0.1, 0.15) is 142 Å². The molecule has 0 spiro atoms. The third kappa shape index (κ3) is 38.0. The second-order valence-corrected chi connectivity index (χ2v) is 10.3. The predicted octanol–water partition coefficient (Wildman–Crippen LogP) is 11.6. The zero-order valence-corrected chi connectivity index (χ0v) is 29.1. The van der Waals surface area contributed by atoms with Crippen molar-refractivity contribution in [3.63, 3.8) is 0 Å². The van der Waals surface area contributed by atoms with Crippen molar-refractivity contribution in [1.82, 2.24) is 10.6 Å². The van der Waals surface area contributed by atoms with Gasteiger partial charge in [0.1, 0.15) is 0 Å². The Morgan fingerprint density at radius 3 is 0.895 bits per heavy atom. The van der Waals surface area contributed by atoms with Gasteiger partial charge in [-0.05, 0) is 51.6 Å². The highest BCUT2D eigenvalue weighted by molar-refractivity contribution is 8.93. The number of nitrogens with one attached hydrogen (secondary N) is 2. The van der Waals surface area contributed by atoms with Crippen molar-refractivity contribution in [1.29, 1.82) is 0 Å². The van der Waals surface area contributed by atoms with Crippen LogP contribution in [0.3, 0.4) is 0 Å². The molecule has 0 atom stereocenters. The standard InChI is InChI=1S/2C17H33N.2BrH/c2*1-4-7-8-9-10-11-12-13-16-18-17(14-5-2)15-6-3;;/h2*5-6,17-18H,2-4,7-16H2,1H3;2*1H. The molecule has 0 aromatic rings. The van der Waals surface area contributed by atoms with E-state index in [0.717, 1.165) is 38.8 Å². The summed E-state index contributed by atoms with van der Waals surface area (Å²) in [5.41, 5.74) is 0. The van der Waals surface area contributed by atoms with E-state index in [2.05, 4.69) is 50.8 Å². The van der Waals surface area contributed by atoms with Gasteiger partial charge in [-0.25, -0.2) is 0 Å². The molecule has 0 radical (unpaired) electrons. The smallest absolute Gasteiger partial charge is 0.0136 e. The minimum Gasteiger partial charge on any atom is -0.313 e. The van der Waals surface area contributed by atoms with Gasteiger partial charge in [0, 0.05) is 12.1 Å². The summed E-state index contributed by atoms with van der Waals surface area (Å²) in [5, 5.41) is 7.18. The second kappa shape index (κ2) is 41.3. The van der Waals surface area contributed by atoms with E-state index >= 15 is 0 Å². The van der Waals surface area contributed by atoms with Crippen LogP contribution in [-0.2, 0) is 0 Å². The van der Waals surface area contributed by atoms with Crippen molar-refractivity contribution < 1.29 is 0 Å². The topological polar surface area (TPSA) is 24.1 Å². The fraction of sp³-hybridized carbons (Fsp3) is 0.765. The van der Waals surface area contributed by atoms with Crippen LogP contribution in [0.15, 0.2) is 50.6 Å². The van der Waals surface area contributed by atoms with Crippen molar-refractivity contribution >= 4 is 34.0 Å². The zero-order valence-electron chi connectivity index (χ0n) is 25.7. The van der Waals surface area contributed by atoms with Crippen LogP contribution in [0, 0.1) is 0 Å². The van der Waals surface area contributed by atoms with Crippen LogP contribution < -0.4 is 10.6 Å². The molecule has 0 aliphatic heterocycles. The SMILES string of the molecule is Br.Br.C=CCC(CC=C)NCCCCCCCCCC.C=CCC(CC=C)NCCCCCCCCCC. The van der Waals surface area contributed by atoms with Gasteiger partial charge in [0.25, 0.3) is 0 Å². The minimum absolute atomic E-state index is 0. The Morgan fingerprint density at radius 1 is 0.421 bits per heavy atom. The third-order valence-electron chi connectivity index (χ3n) is 6.73. The lowest BCUT2D eigenvalue weighted by atomic mass is 10.1. The fourth-order valence-electron chi connectivity index (χ4n) is 4.46. The van der Waals surface area contributed by atoms with Crippen LogP contribution in [0.25, 0.3) is 0 Å². The zero-order chi connectivity index (χ0) is 27.0. The molecule has 0 fully saturated rings. The average molecular weight is 665 g/mol. The molecule has 0 unspecified atom stereocenters. The number of unbranched alkanes of at least 4 members (excludes halogenated alkanes) is 14. The van der Waals surface area contributed by atoms with Gasteiger partial charge in [0.2, 0.25) is 0 Å². The van der Waals surface area contributed by atoms with Crippen LogP contribution in [0.4, 0.5) is 0 Å². The van der Waals surface area contributed by atoms with E-state index in [0.29, 0.717) is 12.1 Å². The molecule has 4 heteroatoms. The van der Waals surface area contributed by atoms with Gasteiger partial charge in [-0.15, -0.1) is 60.3 Å². The first kappa shape index (κ1) is 44.8. The highest BCUT2D eigenvalue weighted by Crippen LogP contribution is 2.09. The van der Waals surface area contributed by atoms with E-state index in [1.54, 1.807) is 0 Å². The number of hydrogen-bond donors (Lipinski definition) is 2. The molecule has 0 rings (SSSR count). The molecule has 2 nitrogen and oxygen atoms in total. The van der Waals surface area contributed by atoms with E-state index in [4.69, 9.17) is 0 Å². The molecule has 2 N–H and O–H groups in total. The molecule has 38 heavy (non-hydrogen) atoms. The Labute approximate surface area is 261 Å².